The van der Waals surface area contributed by atoms with Crippen LogP contribution in [0.3, 0.4) is 0 Å². The van der Waals surface area contributed by atoms with Crippen LogP contribution in [0, 0.1) is 0 Å². The van der Waals surface area contributed by atoms with Gasteiger partial charge in [-0.15, -0.1) is 0 Å². The van der Waals surface area contributed by atoms with E-state index in [2.05, 4.69) is 67.1 Å². The molecule has 3 heteroatoms. The van der Waals surface area contributed by atoms with Gasteiger partial charge in [-0.1, -0.05) is 39.0 Å². The molecule has 0 amide bonds. The molecule has 0 fully saturated rings. The Kier molecular flexibility index (Phi) is 4.97. The van der Waals surface area contributed by atoms with Gasteiger partial charge in [-0.3, -0.25) is 0 Å². The van der Waals surface area contributed by atoms with Gasteiger partial charge in [-0.2, -0.15) is 0 Å². The summed E-state index contributed by atoms with van der Waals surface area (Å²) in [5, 5.41) is 0. The van der Waals surface area contributed by atoms with Gasteiger partial charge in [0.05, 0.1) is 0 Å². The fourth-order valence-corrected chi connectivity index (χ4v) is 2.24. The minimum absolute atomic E-state index is 0.349. The molecule has 0 spiro atoms. The second kappa shape index (κ2) is 6.72. The van der Waals surface area contributed by atoms with E-state index in [0.717, 1.165) is 11.5 Å². The lowest BCUT2D eigenvalue weighted by atomic mass is 10.0. The lowest BCUT2D eigenvalue weighted by molar-refractivity contribution is 0.769. The van der Waals surface area contributed by atoms with Crippen LogP contribution < -0.4 is 10.6 Å². The molecule has 0 radical (unpaired) electrons. The largest absolute Gasteiger partial charge is 0.330 e. The third-order valence-corrected chi connectivity index (χ3v) is 3.98. The average molecular weight is 283 g/mol. The molecular weight excluding hydrogens is 258 g/mol. The first-order valence-electron chi connectivity index (χ1n) is 7.52. The topological polar surface area (TPSA) is 42.1 Å². The van der Waals surface area contributed by atoms with Crippen molar-refractivity contribution in [1.82, 2.24) is 4.98 Å². The first-order valence-corrected chi connectivity index (χ1v) is 7.52. The number of rotatable bonds is 5. The van der Waals surface area contributed by atoms with E-state index in [1.807, 2.05) is 13.2 Å². The second-order valence-corrected chi connectivity index (χ2v) is 5.89. The quantitative estimate of drug-likeness (QED) is 0.900. The summed E-state index contributed by atoms with van der Waals surface area (Å²) in [6, 6.07) is 12.8. The molecule has 3 nitrogen and oxygen atoms in total. The first kappa shape index (κ1) is 15.5. The van der Waals surface area contributed by atoms with E-state index in [4.69, 9.17) is 5.73 Å². The van der Waals surface area contributed by atoms with Crippen LogP contribution in [0.5, 0.6) is 0 Å². The maximum Gasteiger partial charge on any atom is 0.132 e. The van der Waals surface area contributed by atoms with Crippen molar-refractivity contribution >= 4 is 11.5 Å². The molecule has 2 N–H and O–H groups in total. The molecule has 0 aliphatic rings. The van der Waals surface area contributed by atoms with E-state index in [1.165, 1.54) is 11.1 Å². The summed E-state index contributed by atoms with van der Waals surface area (Å²) in [6.07, 6.45) is 1.92. The standard InChI is InChI=1S/C18H25N3/c1-13(2)15-5-8-17(9-6-15)21(4)18-10-7-16(12-20-18)14(3)11-19/h5-10,12-14H,11,19H2,1-4H3. The molecule has 1 aromatic carbocycles. The molecule has 1 atom stereocenters. The SMILES string of the molecule is CC(C)c1ccc(N(C)c2ccc(C(C)CN)cn2)cc1. The second-order valence-electron chi connectivity index (χ2n) is 5.89. The van der Waals surface area contributed by atoms with E-state index < -0.39 is 0 Å². The Balaban J connectivity index is 2.17. The summed E-state index contributed by atoms with van der Waals surface area (Å²) < 4.78 is 0. The maximum absolute atomic E-state index is 5.69. The monoisotopic (exact) mass is 283 g/mol. The summed E-state index contributed by atoms with van der Waals surface area (Å²) in [4.78, 5) is 6.65. The van der Waals surface area contributed by atoms with Gasteiger partial charge >= 0.3 is 0 Å². The summed E-state index contributed by atoms with van der Waals surface area (Å²) in [5.41, 5.74) is 9.38. The number of nitrogens with two attached hydrogens (primary N) is 1. The number of pyridine rings is 1. The Morgan fingerprint density at radius 2 is 1.62 bits per heavy atom. The highest BCUT2D eigenvalue weighted by Crippen LogP contribution is 2.25. The van der Waals surface area contributed by atoms with Crippen molar-refractivity contribution in [3.8, 4) is 0 Å². The number of benzene rings is 1. The molecule has 0 aliphatic carbocycles. The lowest BCUT2D eigenvalue weighted by Gasteiger charge is -2.20. The Labute approximate surface area is 127 Å². The van der Waals surface area contributed by atoms with Crippen LogP contribution in [0.2, 0.25) is 0 Å². The number of hydrogen-bond donors (Lipinski definition) is 1. The van der Waals surface area contributed by atoms with Crippen LogP contribution in [-0.4, -0.2) is 18.6 Å². The molecule has 112 valence electrons. The zero-order chi connectivity index (χ0) is 15.4. The molecule has 0 aliphatic heterocycles. The third kappa shape index (κ3) is 3.61. The number of hydrogen-bond acceptors (Lipinski definition) is 3. The van der Waals surface area contributed by atoms with Crippen molar-refractivity contribution in [2.45, 2.75) is 32.6 Å². The smallest absolute Gasteiger partial charge is 0.132 e. The molecule has 1 heterocycles. The van der Waals surface area contributed by atoms with Crippen LogP contribution in [-0.2, 0) is 0 Å². The number of nitrogens with zero attached hydrogens (tertiary/aromatic N) is 2. The molecule has 0 bridgehead atoms. The fraction of sp³-hybridized carbons (Fsp3) is 0.389. The van der Waals surface area contributed by atoms with Gasteiger partial charge in [0.25, 0.3) is 0 Å². The zero-order valence-electron chi connectivity index (χ0n) is 13.4. The minimum Gasteiger partial charge on any atom is -0.330 e. The van der Waals surface area contributed by atoms with Crippen molar-refractivity contribution in [2.75, 3.05) is 18.5 Å². The number of anilines is 2. The fourth-order valence-electron chi connectivity index (χ4n) is 2.24. The summed E-state index contributed by atoms with van der Waals surface area (Å²) >= 11 is 0. The Morgan fingerprint density at radius 3 is 2.10 bits per heavy atom. The van der Waals surface area contributed by atoms with Crippen molar-refractivity contribution in [3.05, 3.63) is 53.7 Å². The van der Waals surface area contributed by atoms with Crippen LogP contribution in [0.15, 0.2) is 42.6 Å². The Morgan fingerprint density at radius 1 is 1.00 bits per heavy atom. The van der Waals surface area contributed by atoms with Gasteiger partial charge in [-0.05, 0) is 47.7 Å². The first-order chi connectivity index (χ1) is 10.0. The van der Waals surface area contributed by atoms with Crippen molar-refractivity contribution in [3.63, 3.8) is 0 Å². The van der Waals surface area contributed by atoms with Crippen LogP contribution in [0.1, 0.15) is 43.7 Å². The Bertz CT molecular complexity index is 558. The van der Waals surface area contributed by atoms with Crippen LogP contribution in [0.25, 0.3) is 0 Å². The highest BCUT2D eigenvalue weighted by atomic mass is 15.2. The highest BCUT2D eigenvalue weighted by molar-refractivity contribution is 5.59. The predicted molar refractivity (Wildman–Crippen MR) is 90.3 cm³/mol. The van der Waals surface area contributed by atoms with Crippen molar-refractivity contribution < 1.29 is 0 Å². The lowest BCUT2D eigenvalue weighted by Crippen LogP contribution is -2.13. The van der Waals surface area contributed by atoms with Crippen LogP contribution in [0.4, 0.5) is 11.5 Å². The van der Waals surface area contributed by atoms with E-state index in [9.17, 15) is 0 Å². The molecule has 0 saturated carbocycles. The van der Waals surface area contributed by atoms with Gasteiger partial charge in [0.2, 0.25) is 0 Å². The average Bonchev–Trinajstić information content (AvgIpc) is 2.53. The van der Waals surface area contributed by atoms with E-state index in [-0.39, 0.29) is 0 Å². The number of aromatic nitrogens is 1. The van der Waals surface area contributed by atoms with E-state index >= 15 is 0 Å². The van der Waals surface area contributed by atoms with E-state index in [1.54, 1.807) is 0 Å². The van der Waals surface area contributed by atoms with Gasteiger partial charge in [0.15, 0.2) is 0 Å². The van der Waals surface area contributed by atoms with Gasteiger partial charge in [0.1, 0.15) is 5.82 Å². The molecule has 1 unspecified atom stereocenters. The predicted octanol–water partition coefficient (Wildman–Crippen LogP) is 4.04. The van der Waals surface area contributed by atoms with Gasteiger partial charge < -0.3 is 10.6 Å². The summed E-state index contributed by atoms with van der Waals surface area (Å²) in [7, 11) is 2.04. The molecular formula is C18H25N3. The third-order valence-electron chi connectivity index (χ3n) is 3.98. The normalized spacial score (nSPS) is 12.5. The summed E-state index contributed by atoms with van der Waals surface area (Å²) in [5.74, 6) is 1.85. The molecule has 2 rings (SSSR count). The van der Waals surface area contributed by atoms with E-state index in [0.29, 0.717) is 18.4 Å². The molecule has 2 aromatic rings. The maximum atomic E-state index is 5.69. The van der Waals surface area contributed by atoms with Gasteiger partial charge in [0, 0.05) is 18.9 Å². The van der Waals surface area contributed by atoms with Crippen LogP contribution >= 0.6 is 0 Å². The molecule has 21 heavy (non-hydrogen) atoms. The molecule has 0 saturated heterocycles. The molecule has 1 aromatic heterocycles. The van der Waals surface area contributed by atoms with Crippen molar-refractivity contribution in [1.29, 1.82) is 0 Å². The minimum atomic E-state index is 0.349. The summed E-state index contributed by atoms with van der Waals surface area (Å²) in [6.45, 7) is 7.17. The van der Waals surface area contributed by atoms with Gasteiger partial charge in [-0.25, -0.2) is 4.98 Å². The zero-order valence-corrected chi connectivity index (χ0v) is 13.4. The van der Waals surface area contributed by atoms with Crippen molar-refractivity contribution in [2.24, 2.45) is 5.73 Å². The highest BCUT2D eigenvalue weighted by Gasteiger charge is 2.08. The Hall–Kier alpha value is -1.87.